The summed E-state index contributed by atoms with van der Waals surface area (Å²) in [6.07, 6.45) is 8.18. The van der Waals surface area contributed by atoms with E-state index in [1.54, 1.807) is 0 Å². The van der Waals surface area contributed by atoms with Crippen molar-refractivity contribution in [2.75, 3.05) is 0 Å². The molecule has 0 spiro atoms. The van der Waals surface area contributed by atoms with Crippen molar-refractivity contribution in [3.05, 3.63) is 0 Å². The summed E-state index contributed by atoms with van der Waals surface area (Å²) in [6.45, 7) is 3.82. The average molecular weight is 281 g/mol. The summed E-state index contributed by atoms with van der Waals surface area (Å²) in [5, 5.41) is 11.8. The first-order valence-corrected chi connectivity index (χ1v) is 7.93. The Kier molecular flexibility index (Phi) is 4.71. The first-order valence-electron chi connectivity index (χ1n) is 7.93. The van der Waals surface area contributed by atoms with Crippen LogP contribution in [-0.2, 0) is 9.59 Å². The zero-order valence-corrected chi connectivity index (χ0v) is 12.7. The summed E-state index contributed by atoms with van der Waals surface area (Å²) in [5.74, 6) is 0.851. The van der Waals surface area contributed by atoms with E-state index < -0.39 is 11.5 Å². The standard InChI is InChI=1S/C16H27NO3/c1-16(2,9-8-14(18)19)17-15(20)13-10-12(13)11-6-4-3-5-7-11/h11-13H,3-10H2,1-2H3,(H,17,20)(H,18,19). The van der Waals surface area contributed by atoms with Crippen LogP contribution in [0.5, 0.6) is 0 Å². The monoisotopic (exact) mass is 281 g/mol. The SMILES string of the molecule is CC(C)(CCC(=O)O)NC(=O)C1CC1C1CCCCC1. The van der Waals surface area contributed by atoms with Crippen molar-refractivity contribution in [2.45, 2.75) is 70.8 Å². The Hall–Kier alpha value is -1.06. The van der Waals surface area contributed by atoms with E-state index in [1.165, 1.54) is 32.1 Å². The van der Waals surface area contributed by atoms with Gasteiger partial charge in [0.15, 0.2) is 0 Å². The first kappa shape index (κ1) is 15.3. The molecular formula is C16H27NO3. The van der Waals surface area contributed by atoms with Gasteiger partial charge in [0.05, 0.1) is 0 Å². The summed E-state index contributed by atoms with van der Waals surface area (Å²) in [5.41, 5.74) is -0.421. The number of hydrogen-bond acceptors (Lipinski definition) is 2. The van der Waals surface area contributed by atoms with Crippen LogP contribution in [-0.4, -0.2) is 22.5 Å². The molecule has 0 aromatic rings. The van der Waals surface area contributed by atoms with Crippen LogP contribution >= 0.6 is 0 Å². The van der Waals surface area contributed by atoms with E-state index in [2.05, 4.69) is 5.32 Å². The summed E-state index contributed by atoms with van der Waals surface area (Å²) in [4.78, 5) is 22.9. The molecule has 0 bridgehead atoms. The normalized spacial score (nSPS) is 27.1. The lowest BCUT2D eigenvalue weighted by Crippen LogP contribution is -2.44. The molecule has 0 aliphatic heterocycles. The lowest BCUT2D eigenvalue weighted by Gasteiger charge is -2.26. The number of carbonyl (C=O) groups excluding carboxylic acids is 1. The zero-order valence-electron chi connectivity index (χ0n) is 12.7. The van der Waals surface area contributed by atoms with E-state index in [-0.39, 0.29) is 18.2 Å². The Bertz CT molecular complexity index is 372. The highest BCUT2D eigenvalue weighted by Crippen LogP contribution is 2.49. The maximum atomic E-state index is 12.3. The maximum Gasteiger partial charge on any atom is 0.303 e. The summed E-state index contributed by atoms with van der Waals surface area (Å²) in [6, 6.07) is 0. The van der Waals surface area contributed by atoms with Crippen LogP contribution < -0.4 is 5.32 Å². The van der Waals surface area contributed by atoms with Crippen LogP contribution in [0.1, 0.15) is 65.2 Å². The van der Waals surface area contributed by atoms with Crippen LogP contribution in [0.15, 0.2) is 0 Å². The Morgan fingerprint density at radius 3 is 2.45 bits per heavy atom. The van der Waals surface area contributed by atoms with E-state index in [1.807, 2.05) is 13.8 Å². The van der Waals surface area contributed by atoms with E-state index in [0.717, 1.165) is 12.3 Å². The molecule has 4 heteroatoms. The molecule has 2 aliphatic carbocycles. The highest BCUT2D eigenvalue weighted by Gasteiger charge is 2.48. The smallest absolute Gasteiger partial charge is 0.303 e. The van der Waals surface area contributed by atoms with Crippen LogP contribution in [0.3, 0.4) is 0 Å². The van der Waals surface area contributed by atoms with Crippen molar-refractivity contribution in [1.29, 1.82) is 0 Å². The van der Waals surface area contributed by atoms with Crippen LogP contribution in [0.25, 0.3) is 0 Å². The van der Waals surface area contributed by atoms with Crippen molar-refractivity contribution in [2.24, 2.45) is 17.8 Å². The molecule has 4 nitrogen and oxygen atoms in total. The van der Waals surface area contributed by atoms with Gasteiger partial charge in [-0.05, 0) is 38.5 Å². The lowest BCUT2D eigenvalue weighted by molar-refractivity contribution is -0.138. The van der Waals surface area contributed by atoms with E-state index in [4.69, 9.17) is 5.11 Å². The van der Waals surface area contributed by atoms with E-state index >= 15 is 0 Å². The van der Waals surface area contributed by atoms with Crippen molar-refractivity contribution >= 4 is 11.9 Å². The highest BCUT2D eigenvalue weighted by atomic mass is 16.4. The van der Waals surface area contributed by atoms with Crippen LogP contribution in [0.4, 0.5) is 0 Å². The molecule has 0 aromatic heterocycles. The van der Waals surface area contributed by atoms with Gasteiger partial charge >= 0.3 is 5.97 Å². The maximum absolute atomic E-state index is 12.3. The second kappa shape index (κ2) is 6.15. The summed E-state index contributed by atoms with van der Waals surface area (Å²) in [7, 11) is 0. The highest BCUT2D eigenvalue weighted by molar-refractivity contribution is 5.82. The Labute approximate surface area is 121 Å². The summed E-state index contributed by atoms with van der Waals surface area (Å²) >= 11 is 0. The lowest BCUT2D eigenvalue weighted by atomic mass is 9.85. The molecule has 2 fully saturated rings. The summed E-state index contributed by atoms with van der Waals surface area (Å²) < 4.78 is 0. The Balaban J connectivity index is 1.76. The van der Waals surface area contributed by atoms with E-state index in [0.29, 0.717) is 12.3 Å². The Morgan fingerprint density at radius 1 is 1.20 bits per heavy atom. The molecule has 2 unspecified atom stereocenters. The van der Waals surface area contributed by atoms with Gasteiger partial charge in [0.25, 0.3) is 0 Å². The minimum absolute atomic E-state index is 0.101. The van der Waals surface area contributed by atoms with Gasteiger partial charge in [-0.25, -0.2) is 0 Å². The topological polar surface area (TPSA) is 66.4 Å². The van der Waals surface area contributed by atoms with Gasteiger partial charge in [-0.3, -0.25) is 9.59 Å². The number of carboxylic acids is 1. The van der Waals surface area contributed by atoms with Gasteiger partial charge in [-0.1, -0.05) is 32.1 Å². The molecule has 0 heterocycles. The Morgan fingerprint density at radius 2 is 1.85 bits per heavy atom. The molecule has 0 saturated heterocycles. The minimum Gasteiger partial charge on any atom is -0.481 e. The number of hydrogen-bond donors (Lipinski definition) is 2. The van der Waals surface area contributed by atoms with Gasteiger partial charge in [0.2, 0.25) is 5.91 Å². The third kappa shape index (κ3) is 4.22. The molecular weight excluding hydrogens is 254 g/mol. The van der Waals surface area contributed by atoms with Gasteiger partial charge < -0.3 is 10.4 Å². The van der Waals surface area contributed by atoms with Crippen molar-refractivity contribution in [3.8, 4) is 0 Å². The third-order valence-electron chi connectivity index (χ3n) is 4.86. The molecule has 2 atom stereocenters. The minimum atomic E-state index is -0.807. The van der Waals surface area contributed by atoms with Crippen molar-refractivity contribution in [1.82, 2.24) is 5.32 Å². The van der Waals surface area contributed by atoms with Crippen molar-refractivity contribution in [3.63, 3.8) is 0 Å². The molecule has 2 rings (SSSR count). The molecule has 1 amide bonds. The van der Waals surface area contributed by atoms with Gasteiger partial charge in [0.1, 0.15) is 0 Å². The fraction of sp³-hybridized carbons (Fsp3) is 0.875. The van der Waals surface area contributed by atoms with Crippen molar-refractivity contribution < 1.29 is 14.7 Å². The van der Waals surface area contributed by atoms with Crippen LogP contribution in [0.2, 0.25) is 0 Å². The predicted molar refractivity (Wildman–Crippen MR) is 77.3 cm³/mol. The van der Waals surface area contributed by atoms with E-state index in [9.17, 15) is 9.59 Å². The third-order valence-corrected chi connectivity index (χ3v) is 4.86. The molecule has 20 heavy (non-hydrogen) atoms. The van der Waals surface area contributed by atoms with Gasteiger partial charge in [-0.15, -0.1) is 0 Å². The van der Waals surface area contributed by atoms with Gasteiger partial charge in [-0.2, -0.15) is 0 Å². The molecule has 0 aromatic carbocycles. The number of amides is 1. The number of rotatable bonds is 6. The largest absolute Gasteiger partial charge is 0.481 e. The number of carbonyl (C=O) groups is 2. The number of nitrogens with one attached hydrogen (secondary N) is 1. The number of aliphatic carboxylic acids is 1. The molecule has 0 radical (unpaired) electrons. The fourth-order valence-corrected chi connectivity index (χ4v) is 3.51. The number of carboxylic acid groups (broad SMARTS) is 1. The van der Waals surface area contributed by atoms with Crippen LogP contribution in [0, 0.1) is 17.8 Å². The molecule has 2 aliphatic rings. The second-order valence-electron chi connectivity index (χ2n) is 7.17. The fourth-order valence-electron chi connectivity index (χ4n) is 3.51. The van der Waals surface area contributed by atoms with Gasteiger partial charge in [0, 0.05) is 17.9 Å². The average Bonchev–Trinajstić information content (AvgIpc) is 3.17. The molecule has 2 saturated carbocycles. The molecule has 114 valence electrons. The second-order valence-corrected chi connectivity index (χ2v) is 7.17. The first-order chi connectivity index (χ1) is 9.39. The zero-order chi connectivity index (χ0) is 14.8. The quantitative estimate of drug-likeness (QED) is 0.786. The predicted octanol–water partition coefficient (Wildman–Crippen LogP) is 2.96. The molecule has 2 N–H and O–H groups in total.